The van der Waals surface area contributed by atoms with Crippen LogP contribution in [0, 0.1) is 11.7 Å². The molecule has 9 heteroatoms. The number of hydrogen-bond acceptors (Lipinski definition) is 4. The van der Waals surface area contributed by atoms with E-state index in [0.29, 0.717) is 6.42 Å². The largest absolute Gasteiger partial charge is 0.450 e. The van der Waals surface area contributed by atoms with Gasteiger partial charge in [-0.2, -0.15) is 0 Å². The molecule has 24 heavy (non-hydrogen) atoms. The van der Waals surface area contributed by atoms with Gasteiger partial charge in [-0.1, -0.05) is 25.4 Å². The van der Waals surface area contributed by atoms with Crippen molar-refractivity contribution in [1.29, 1.82) is 0 Å². The molecule has 1 amide bonds. The number of carbonyl (C=O) groups excluding carboxylic acids is 1. The molecule has 0 heterocycles. The highest BCUT2D eigenvalue weighted by Crippen LogP contribution is 2.22. The van der Waals surface area contributed by atoms with E-state index < -0.39 is 28.0 Å². The van der Waals surface area contributed by atoms with Crippen molar-refractivity contribution in [2.45, 2.75) is 38.1 Å². The average molecular weight is 381 g/mol. The van der Waals surface area contributed by atoms with Crippen molar-refractivity contribution < 1.29 is 22.3 Å². The van der Waals surface area contributed by atoms with Crippen molar-refractivity contribution in [1.82, 2.24) is 10.0 Å². The Bertz CT molecular complexity index is 667. The summed E-state index contributed by atoms with van der Waals surface area (Å²) < 4.78 is 45.0. The third-order valence-electron chi connectivity index (χ3n) is 3.06. The lowest BCUT2D eigenvalue weighted by Gasteiger charge is -2.21. The summed E-state index contributed by atoms with van der Waals surface area (Å²) in [6, 6.07) is 2.63. The number of hydrogen-bond donors (Lipinski definition) is 2. The van der Waals surface area contributed by atoms with Crippen molar-refractivity contribution in [2.24, 2.45) is 5.92 Å². The molecule has 1 atom stereocenters. The number of halogens is 2. The van der Waals surface area contributed by atoms with Crippen LogP contribution in [0.1, 0.15) is 27.2 Å². The maximum Gasteiger partial charge on any atom is 0.407 e. The lowest BCUT2D eigenvalue weighted by Crippen LogP contribution is -2.44. The number of sulfonamides is 1. The zero-order chi connectivity index (χ0) is 18.3. The van der Waals surface area contributed by atoms with E-state index in [4.69, 9.17) is 16.3 Å². The molecule has 6 nitrogen and oxygen atoms in total. The first-order valence-electron chi connectivity index (χ1n) is 7.53. The van der Waals surface area contributed by atoms with Crippen LogP contribution in [0.2, 0.25) is 5.02 Å². The number of ether oxygens (including phenoxy) is 1. The fourth-order valence-electron chi connectivity index (χ4n) is 2.07. The lowest BCUT2D eigenvalue weighted by molar-refractivity contribution is 0.146. The fraction of sp³-hybridized carbons (Fsp3) is 0.533. The standard InChI is InChI=1S/C15H22ClFN2O4S/c1-4-23-15(20)19-12(7-10(2)3)9-18-24(21,22)14-8-11(17)5-6-13(14)16/h5-6,8,10,12,18H,4,7,9H2,1-3H3,(H,19,20). The Morgan fingerprint density at radius 1 is 1.38 bits per heavy atom. The molecule has 0 saturated heterocycles. The molecule has 0 bridgehead atoms. The first-order chi connectivity index (χ1) is 11.2. The monoisotopic (exact) mass is 380 g/mol. The van der Waals surface area contributed by atoms with Crippen molar-refractivity contribution in [3.05, 3.63) is 29.0 Å². The van der Waals surface area contributed by atoms with Crippen molar-refractivity contribution in [3.63, 3.8) is 0 Å². The Morgan fingerprint density at radius 2 is 2.04 bits per heavy atom. The lowest BCUT2D eigenvalue weighted by atomic mass is 10.0. The fourth-order valence-corrected chi connectivity index (χ4v) is 3.66. The van der Waals surface area contributed by atoms with Gasteiger partial charge in [0.25, 0.3) is 0 Å². The van der Waals surface area contributed by atoms with Crippen LogP contribution in [0.25, 0.3) is 0 Å². The molecule has 2 N–H and O–H groups in total. The zero-order valence-corrected chi connectivity index (χ0v) is 15.4. The summed E-state index contributed by atoms with van der Waals surface area (Å²) >= 11 is 5.83. The van der Waals surface area contributed by atoms with E-state index in [-0.39, 0.29) is 29.0 Å². The molecule has 0 aliphatic rings. The van der Waals surface area contributed by atoms with E-state index in [1.54, 1.807) is 6.92 Å². The van der Waals surface area contributed by atoms with Gasteiger partial charge in [-0.25, -0.2) is 22.3 Å². The minimum Gasteiger partial charge on any atom is -0.450 e. The smallest absolute Gasteiger partial charge is 0.407 e. The van der Waals surface area contributed by atoms with Crippen molar-refractivity contribution >= 4 is 27.7 Å². The number of benzene rings is 1. The van der Waals surface area contributed by atoms with Gasteiger partial charge in [-0.15, -0.1) is 0 Å². The predicted octanol–water partition coefficient (Wildman–Crippen LogP) is 2.92. The first kappa shape index (κ1) is 20.7. The Hall–Kier alpha value is -1.38. The zero-order valence-electron chi connectivity index (χ0n) is 13.8. The molecular formula is C15H22ClFN2O4S. The Labute approximate surface area is 146 Å². The van der Waals surface area contributed by atoms with Gasteiger partial charge in [0.15, 0.2) is 0 Å². The number of nitrogens with one attached hydrogen (secondary N) is 2. The number of alkyl carbamates (subject to hydrolysis) is 1. The van der Waals surface area contributed by atoms with Gasteiger partial charge >= 0.3 is 6.09 Å². The number of rotatable bonds is 8. The average Bonchev–Trinajstić information content (AvgIpc) is 2.47. The normalized spacial score (nSPS) is 12.9. The maximum absolute atomic E-state index is 13.3. The van der Waals surface area contributed by atoms with E-state index in [9.17, 15) is 17.6 Å². The van der Waals surface area contributed by atoms with Crippen LogP contribution in [-0.2, 0) is 14.8 Å². The van der Waals surface area contributed by atoms with Gasteiger partial charge in [0.1, 0.15) is 10.7 Å². The van der Waals surface area contributed by atoms with E-state index >= 15 is 0 Å². The van der Waals surface area contributed by atoms with Crippen molar-refractivity contribution in [2.75, 3.05) is 13.2 Å². The van der Waals surface area contributed by atoms with Gasteiger partial charge in [0, 0.05) is 12.6 Å². The quantitative estimate of drug-likeness (QED) is 0.726. The van der Waals surface area contributed by atoms with Crippen LogP contribution in [0.3, 0.4) is 0 Å². The minimum atomic E-state index is -4.01. The summed E-state index contributed by atoms with van der Waals surface area (Å²) in [7, 11) is -4.01. The third kappa shape index (κ3) is 6.62. The highest BCUT2D eigenvalue weighted by atomic mass is 35.5. The number of amides is 1. The molecule has 0 aromatic heterocycles. The Morgan fingerprint density at radius 3 is 2.62 bits per heavy atom. The van der Waals surface area contributed by atoms with E-state index in [0.717, 1.165) is 12.1 Å². The van der Waals surface area contributed by atoms with Gasteiger partial charge in [0.05, 0.1) is 11.6 Å². The summed E-state index contributed by atoms with van der Waals surface area (Å²) in [5.74, 6) is -0.484. The molecule has 0 spiro atoms. The van der Waals surface area contributed by atoms with E-state index in [1.165, 1.54) is 6.07 Å². The van der Waals surface area contributed by atoms with Gasteiger partial charge in [0.2, 0.25) is 10.0 Å². The third-order valence-corrected chi connectivity index (χ3v) is 4.96. The topological polar surface area (TPSA) is 84.5 Å². The van der Waals surface area contributed by atoms with E-state index in [2.05, 4.69) is 10.0 Å². The second kappa shape index (κ2) is 9.19. The van der Waals surface area contributed by atoms with Gasteiger partial charge in [-0.05, 0) is 37.5 Å². The molecule has 1 unspecified atom stereocenters. The van der Waals surface area contributed by atoms with Crippen LogP contribution < -0.4 is 10.0 Å². The molecule has 0 saturated carbocycles. The molecule has 136 valence electrons. The molecule has 0 radical (unpaired) electrons. The summed E-state index contributed by atoms with van der Waals surface area (Å²) in [6.07, 6.45) is -0.0794. The SMILES string of the molecule is CCOC(=O)NC(CNS(=O)(=O)c1cc(F)ccc1Cl)CC(C)C. The van der Waals surface area contributed by atoms with Crippen LogP contribution in [0.15, 0.2) is 23.1 Å². The van der Waals surface area contributed by atoms with Crippen LogP contribution in [0.4, 0.5) is 9.18 Å². The van der Waals surface area contributed by atoms with Crippen LogP contribution in [-0.4, -0.2) is 33.7 Å². The van der Waals surface area contributed by atoms with E-state index in [1.807, 2.05) is 13.8 Å². The summed E-state index contributed by atoms with van der Waals surface area (Å²) in [5, 5.41) is 2.52. The predicted molar refractivity (Wildman–Crippen MR) is 90.0 cm³/mol. The molecule has 1 aromatic rings. The Balaban J connectivity index is 2.83. The van der Waals surface area contributed by atoms with Crippen LogP contribution >= 0.6 is 11.6 Å². The summed E-state index contributed by atoms with van der Waals surface area (Å²) in [6.45, 7) is 5.71. The first-order valence-corrected chi connectivity index (χ1v) is 9.39. The highest BCUT2D eigenvalue weighted by molar-refractivity contribution is 7.89. The molecular weight excluding hydrogens is 359 g/mol. The molecule has 0 fully saturated rings. The Kier molecular flexibility index (Phi) is 7.92. The summed E-state index contributed by atoms with van der Waals surface area (Å²) in [4.78, 5) is 11.2. The highest BCUT2D eigenvalue weighted by Gasteiger charge is 2.22. The van der Waals surface area contributed by atoms with Crippen molar-refractivity contribution in [3.8, 4) is 0 Å². The minimum absolute atomic E-state index is 0.0633. The summed E-state index contributed by atoms with van der Waals surface area (Å²) in [5.41, 5.74) is 0. The maximum atomic E-state index is 13.3. The molecule has 1 rings (SSSR count). The second-order valence-electron chi connectivity index (χ2n) is 5.62. The van der Waals surface area contributed by atoms with Gasteiger partial charge < -0.3 is 10.1 Å². The van der Waals surface area contributed by atoms with Gasteiger partial charge in [-0.3, -0.25) is 0 Å². The molecule has 0 aliphatic heterocycles. The number of carbonyl (C=O) groups is 1. The molecule has 1 aromatic carbocycles. The van der Waals surface area contributed by atoms with Crippen LogP contribution in [0.5, 0.6) is 0 Å². The second-order valence-corrected chi connectivity index (χ2v) is 7.76. The molecule has 0 aliphatic carbocycles.